The van der Waals surface area contributed by atoms with Gasteiger partial charge in [0.15, 0.2) is 0 Å². The number of rotatable bonds is 8. The summed E-state index contributed by atoms with van der Waals surface area (Å²) in [6, 6.07) is 91.1. The quantitative estimate of drug-likeness (QED) is 0.150. The van der Waals surface area contributed by atoms with Crippen molar-refractivity contribution < 1.29 is 0 Å². The summed E-state index contributed by atoms with van der Waals surface area (Å²) in [5.74, 6) is 0. The summed E-state index contributed by atoms with van der Waals surface area (Å²) in [6.07, 6.45) is 7.83. The summed E-state index contributed by atoms with van der Waals surface area (Å²) < 4.78 is 0. The van der Waals surface area contributed by atoms with Crippen molar-refractivity contribution in [3.05, 3.63) is 300 Å². The highest BCUT2D eigenvalue weighted by molar-refractivity contribution is 5.98. The van der Waals surface area contributed by atoms with Crippen LogP contribution in [0.15, 0.2) is 261 Å². The zero-order valence-electron chi connectivity index (χ0n) is 40.5. The third-order valence-electron chi connectivity index (χ3n) is 16.2. The number of nitrogens with zero attached hydrogens (tertiary/aromatic N) is 2. The molecule has 0 N–H and O–H groups in total. The van der Waals surface area contributed by atoms with E-state index in [4.69, 9.17) is 0 Å². The highest BCUT2D eigenvalue weighted by atomic mass is 15.2. The van der Waals surface area contributed by atoms with E-state index in [9.17, 15) is 0 Å². The van der Waals surface area contributed by atoms with Crippen LogP contribution in [0.2, 0.25) is 0 Å². The molecule has 1 aliphatic heterocycles. The fourth-order valence-corrected chi connectivity index (χ4v) is 13.0. The zero-order valence-corrected chi connectivity index (χ0v) is 40.5. The van der Waals surface area contributed by atoms with E-state index in [2.05, 4.69) is 285 Å². The van der Waals surface area contributed by atoms with Gasteiger partial charge in [-0.15, -0.1) is 0 Å². The number of fused-ring (bicyclic) bond motifs is 9. The molecular formula is C70H52N2. The normalized spacial score (nSPS) is 15.9. The number of para-hydroxylation sites is 1. The predicted octanol–water partition coefficient (Wildman–Crippen LogP) is 18.0. The first kappa shape index (κ1) is 42.2. The molecule has 2 nitrogen and oxygen atoms in total. The Morgan fingerprint density at radius 3 is 1.71 bits per heavy atom. The molecule has 0 saturated heterocycles. The molecule has 14 rings (SSSR count). The summed E-state index contributed by atoms with van der Waals surface area (Å²) in [5.41, 5.74) is 25.7. The van der Waals surface area contributed by atoms with Crippen LogP contribution in [0.3, 0.4) is 0 Å². The van der Waals surface area contributed by atoms with Gasteiger partial charge in [0, 0.05) is 39.4 Å². The molecule has 1 heterocycles. The lowest BCUT2D eigenvalue weighted by molar-refractivity contribution is 0.660. The van der Waals surface area contributed by atoms with E-state index in [1.54, 1.807) is 0 Å². The zero-order chi connectivity index (χ0) is 48.0. The Labute approximate surface area is 423 Å². The van der Waals surface area contributed by atoms with Gasteiger partial charge >= 0.3 is 0 Å². The Morgan fingerprint density at radius 2 is 0.986 bits per heavy atom. The van der Waals surface area contributed by atoms with Gasteiger partial charge in [0.1, 0.15) is 0 Å². The van der Waals surface area contributed by atoms with Gasteiger partial charge in [0.05, 0.1) is 11.5 Å². The first-order chi connectivity index (χ1) is 35.5. The Hall–Kier alpha value is -8.72. The number of hydrogen-bond donors (Lipinski definition) is 0. The Balaban J connectivity index is 0.958. The van der Waals surface area contributed by atoms with Gasteiger partial charge in [-0.25, -0.2) is 0 Å². The van der Waals surface area contributed by atoms with Gasteiger partial charge in [-0.2, -0.15) is 0 Å². The van der Waals surface area contributed by atoms with Crippen molar-refractivity contribution in [3.63, 3.8) is 0 Å². The van der Waals surface area contributed by atoms with Gasteiger partial charge in [0.25, 0.3) is 0 Å². The second-order valence-corrected chi connectivity index (χ2v) is 20.3. The smallest absolute Gasteiger partial charge is 0.0714 e. The van der Waals surface area contributed by atoms with Crippen LogP contribution in [0.1, 0.15) is 59.2 Å². The molecule has 72 heavy (non-hydrogen) atoms. The van der Waals surface area contributed by atoms with Gasteiger partial charge in [-0.3, -0.25) is 0 Å². The third kappa shape index (κ3) is 6.28. The molecule has 0 fully saturated rings. The maximum Gasteiger partial charge on any atom is 0.0714 e. The van der Waals surface area contributed by atoms with E-state index in [0.717, 1.165) is 23.5 Å². The van der Waals surface area contributed by atoms with Gasteiger partial charge in [-0.05, 0) is 151 Å². The molecule has 4 aliphatic rings. The standard InChI is InChI=1S/C70H52N2/c1-69(2)62-31-17-15-28-57(62)58-41-39-54(45-64(58)69)71(53-37-34-47(35-38-53)49-36-43-67-61(44-49)59-29-16-18-33-66(59)72(67)52-26-13-6-14-27-52)55-40-42-60-65(46-55)70(50-22-9-4-10-23-50,51-24-11-5-12-25-51)63-32-19-30-56(68(60)63)48-20-7-3-8-21-48/h3-32,34-46,66H,33H2,1-2H3. The maximum atomic E-state index is 2.52. The molecule has 10 aromatic carbocycles. The van der Waals surface area contributed by atoms with Crippen molar-refractivity contribution >= 4 is 34.0 Å². The summed E-state index contributed by atoms with van der Waals surface area (Å²) >= 11 is 0. The monoisotopic (exact) mass is 920 g/mol. The van der Waals surface area contributed by atoms with Crippen LogP contribution in [-0.4, -0.2) is 6.04 Å². The van der Waals surface area contributed by atoms with Crippen molar-refractivity contribution in [3.8, 4) is 44.5 Å². The minimum atomic E-state index is -0.586. The number of benzene rings is 10. The van der Waals surface area contributed by atoms with Gasteiger partial charge in [0.2, 0.25) is 0 Å². The maximum absolute atomic E-state index is 2.52. The van der Waals surface area contributed by atoms with Gasteiger partial charge < -0.3 is 9.80 Å². The van der Waals surface area contributed by atoms with Crippen molar-refractivity contribution in [2.45, 2.75) is 37.1 Å². The van der Waals surface area contributed by atoms with Crippen molar-refractivity contribution in [2.75, 3.05) is 9.80 Å². The van der Waals surface area contributed by atoms with Crippen LogP contribution < -0.4 is 9.80 Å². The SMILES string of the molecule is CC1(C)c2ccccc2-c2ccc(N(c3ccc(-c4ccc5c(c4)C4=CC=CCC4N5c4ccccc4)cc3)c3ccc4c(c3)C(c3ccccc3)(c3ccccc3)c3cccc(-c5ccccc5)c3-4)cc21. The van der Waals surface area contributed by atoms with Crippen LogP contribution >= 0.6 is 0 Å². The Bertz CT molecular complexity index is 3750. The van der Waals surface area contributed by atoms with E-state index in [-0.39, 0.29) is 11.5 Å². The largest absolute Gasteiger partial charge is 0.333 e. The highest BCUT2D eigenvalue weighted by Crippen LogP contribution is 2.60. The lowest BCUT2D eigenvalue weighted by atomic mass is 9.67. The lowest BCUT2D eigenvalue weighted by Crippen LogP contribution is -2.28. The Kier molecular flexibility index (Phi) is 9.63. The molecule has 342 valence electrons. The molecule has 0 radical (unpaired) electrons. The van der Waals surface area contributed by atoms with Crippen LogP contribution in [0.25, 0.3) is 50.1 Å². The molecule has 0 aromatic heterocycles. The molecule has 1 unspecified atom stereocenters. The molecule has 3 aliphatic carbocycles. The summed E-state index contributed by atoms with van der Waals surface area (Å²) in [4.78, 5) is 5.02. The first-order valence-corrected chi connectivity index (χ1v) is 25.4. The molecule has 0 saturated carbocycles. The molecular weight excluding hydrogens is 869 g/mol. The lowest BCUT2D eigenvalue weighted by Gasteiger charge is -2.35. The molecule has 10 aromatic rings. The van der Waals surface area contributed by atoms with Crippen molar-refractivity contribution in [1.29, 1.82) is 0 Å². The number of hydrogen-bond acceptors (Lipinski definition) is 2. The molecule has 2 heteroatoms. The van der Waals surface area contributed by atoms with Crippen LogP contribution in [0.4, 0.5) is 28.4 Å². The Morgan fingerprint density at radius 1 is 0.417 bits per heavy atom. The van der Waals surface area contributed by atoms with E-state index in [1.807, 2.05) is 0 Å². The predicted molar refractivity (Wildman–Crippen MR) is 301 cm³/mol. The molecule has 0 amide bonds. The topological polar surface area (TPSA) is 6.48 Å². The molecule has 0 spiro atoms. The summed E-state index contributed by atoms with van der Waals surface area (Å²) in [7, 11) is 0. The van der Waals surface area contributed by atoms with Crippen LogP contribution in [0, 0.1) is 0 Å². The van der Waals surface area contributed by atoms with Gasteiger partial charge in [-0.1, -0.05) is 214 Å². The second-order valence-electron chi connectivity index (χ2n) is 20.3. The third-order valence-corrected chi connectivity index (χ3v) is 16.2. The van der Waals surface area contributed by atoms with E-state index < -0.39 is 5.41 Å². The summed E-state index contributed by atoms with van der Waals surface area (Å²) in [5, 5.41) is 0. The average molecular weight is 921 g/mol. The van der Waals surface area contributed by atoms with Crippen molar-refractivity contribution in [1.82, 2.24) is 0 Å². The highest BCUT2D eigenvalue weighted by Gasteiger charge is 2.47. The van der Waals surface area contributed by atoms with Crippen LogP contribution in [-0.2, 0) is 10.8 Å². The second kappa shape index (κ2) is 16.4. The summed E-state index contributed by atoms with van der Waals surface area (Å²) in [6.45, 7) is 4.76. The fourth-order valence-electron chi connectivity index (χ4n) is 13.0. The minimum absolute atomic E-state index is 0.160. The number of allylic oxidation sites excluding steroid dienone is 2. The molecule has 1 atom stereocenters. The van der Waals surface area contributed by atoms with E-state index in [1.165, 1.54) is 100 Å². The molecule has 0 bridgehead atoms. The fraction of sp³-hybridized carbons (Fsp3) is 0.0857. The minimum Gasteiger partial charge on any atom is -0.333 e. The van der Waals surface area contributed by atoms with Crippen molar-refractivity contribution in [2.24, 2.45) is 0 Å². The first-order valence-electron chi connectivity index (χ1n) is 25.4. The van der Waals surface area contributed by atoms with E-state index >= 15 is 0 Å². The average Bonchev–Trinajstić information content (AvgIpc) is 4.03. The number of anilines is 5. The van der Waals surface area contributed by atoms with E-state index in [0.29, 0.717) is 0 Å². The van der Waals surface area contributed by atoms with Crippen LogP contribution in [0.5, 0.6) is 0 Å².